The van der Waals surface area contributed by atoms with Crippen molar-refractivity contribution in [1.82, 2.24) is 4.98 Å². The van der Waals surface area contributed by atoms with Crippen molar-refractivity contribution in [3.63, 3.8) is 0 Å². The highest BCUT2D eigenvalue weighted by Crippen LogP contribution is 2.55. The van der Waals surface area contributed by atoms with Gasteiger partial charge >= 0.3 is 10.8 Å². The maximum Gasteiger partial charge on any atom is 0.316 e. The van der Waals surface area contributed by atoms with Gasteiger partial charge in [-0.15, -0.1) is 0 Å². The minimum absolute atomic E-state index is 0.142. The number of ether oxygens (including phenoxy) is 1. The second kappa shape index (κ2) is 5.52. The number of hydrogen-bond acceptors (Lipinski definition) is 7. The van der Waals surface area contributed by atoms with E-state index < -0.39 is 29.0 Å². The summed E-state index contributed by atoms with van der Waals surface area (Å²) < 4.78 is 5.27. The number of carbonyl (C=O) groups excluding carboxylic acids is 2. The summed E-state index contributed by atoms with van der Waals surface area (Å²) in [5.74, 6) is -3.68. The number of carboxylic acids is 1. The van der Waals surface area contributed by atoms with Crippen LogP contribution in [0.3, 0.4) is 0 Å². The molecule has 1 N–H and O–H groups in total. The summed E-state index contributed by atoms with van der Waals surface area (Å²) >= 11 is 14.0. The maximum absolute atomic E-state index is 12.5. The highest BCUT2D eigenvalue weighted by molar-refractivity contribution is 8.00. The van der Waals surface area contributed by atoms with Gasteiger partial charge in [-0.3, -0.25) is 9.59 Å². The normalized spacial score (nSPS) is 24.6. The Morgan fingerprint density at radius 2 is 2.04 bits per heavy atom. The van der Waals surface area contributed by atoms with E-state index in [1.807, 2.05) is 0 Å². The van der Waals surface area contributed by atoms with Crippen LogP contribution in [0.5, 0.6) is 5.75 Å². The Morgan fingerprint density at radius 3 is 2.75 bits per heavy atom. The molecule has 2 aliphatic heterocycles. The number of carboxylic acid groups (broad SMARTS) is 1. The second-order valence-corrected chi connectivity index (χ2v) is 8.31. The van der Waals surface area contributed by atoms with Crippen LogP contribution >= 0.6 is 46.3 Å². The van der Waals surface area contributed by atoms with Crippen molar-refractivity contribution in [1.29, 1.82) is 0 Å². The molecule has 0 aliphatic carbocycles. The Kier molecular flexibility index (Phi) is 3.68. The highest BCUT2D eigenvalue weighted by Gasteiger charge is 2.50. The number of rotatable bonds is 1. The number of thioether (sulfide) groups is 1. The number of aromatic amines is 1. The van der Waals surface area contributed by atoms with Crippen molar-refractivity contribution in [2.75, 3.05) is 0 Å². The van der Waals surface area contributed by atoms with Gasteiger partial charge in [0, 0.05) is 21.4 Å². The molecular weight excluding hydrogens is 397 g/mol. The Labute approximate surface area is 152 Å². The summed E-state index contributed by atoms with van der Waals surface area (Å²) in [5, 5.41) is 11.2. The molecule has 24 heavy (non-hydrogen) atoms. The molecule has 2 aromatic rings. The number of halogens is 2. The Morgan fingerprint density at radius 1 is 1.29 bits per heavy atom. The average molecular weight is 403 g/mol. The lowest BCUT2D eigenvalue weighted by molar-refractivity contribution is -0.306. The molecular formula is C14H6Cl2NO5S2-. The minimum Gasteiger partial charge on any atom is -0.549 e. The smallest absolute Gasteiger partial charge is 0.316 e. The van der Waals surface area contributed by atoms with E-state index in [1.54, 1.807) is 6.07 Å². The Balaban J connectivity index is 2.02. The van der Waals surface area contributed by atoms with E-state index in [0.29, 0.717) is 20.5 Å². The van der Waals surface area contributed by atoms with E-state index in [4.69, 9.17) is 27.9 Å². The van der Waals surface area contributed by atoms with E-state index in [0.717, 1.165) is 23.1 Å². The Hall–Kier alpha value is -1.48. The van der Waals surface area contributed by atoms with Crippen LogP contribution in [0.2, 0.25) is 10.0 Å². The molecule has 0 radical (unpaired) electrons. The first-order valence-corrected chi connectivity index (χ1v) is 9.13. The minimum atomic E-state index is -1.40. The summed E-state index contributed by atoms with van der Waals surface area (Å²) in [6.07, 6.45) is 0. The van der Waals surface area contributed by atoms with Gasteiger partial charge in [0.1, 0.15) is 0 Å². The lowest BCUT2D eigenvalue weighted by Crippen LogP contribution is -2.48. The molecule has 0 saturated heterocycles. The van der Waals surface area contributed by atoms with Crippen LogP contribution in [0.4, 0.5) is 0 Å². The Bertz CT molecular complexity index is 953. The van der Waals surface area contributed by atoms with Crippen molar-refractivity contribution >= 4 is 58.2 Å². The third kappa shape index (κ3) is 2.28. The number of H-pyrrole nitrogens is 1. The van der Waals surface area contributed by atoms with Gasteiger partial charge in [0.15, 0.2) is 5.75 Å². The van der Waals surface area contributed by atoms with Gasteiger partial charge in [-0.2, -0.15) is 0 Å². The molecule has 124 valence electrons. The molecule has 3 atom stereocenters. The SMILES string of the molecule is O=C1Oc2c(Cl)cc(Cl)cc2[C@H]2c3sc(=O)[nH]c3S[C@H](C(=O)[O-])[C@H]12. The van der Waals surface area contributed by atoms with Crippen LogP contribution < -0.4 is 14.7 Å². The van der Waals surface area contributed by atoms with Crippen LogP contribution in [0.25, 0.3) is 0 Å². The maximum atomic E-state index is 12.5. The molecule has 4 rings (SSSR count). The van der Waals surface area contributed by atoms with E-state index in [-0.39, 0.29) is 15.6 Å². The molecule has 0 fully saturated rings. The van der Waals surface area contributed by atoms with Gasteiger partial charge in [0.2, 0.25) is 0 Å². The summed E-state index contributed by atoms with van der Waals surface area (Å²) in [5.41, 5.74) is 0.486. The number of aromatic nitrogens is 1. The van der Waals surface area contributed by atoms with Crippen LogP contribution in [0.1, 0.15) is 16.4 Å². The highest BCUT2D eigenvalue weighted by atomic mass is 35.5. The number of benzene rings is 1. The standard InChI is InChI=1S/C14H7Cl2NO5S2/c15-3-1-4-6-7(13(20)22-8(4)5(16)2-3)10(12(18)19)23-11-9(6)24-14(21)17-11/h1-2,6-7,10H,(H,17,21)(H,18,19)/p-1/t6-,7-,10+/m1/s1. The van der Waals surface area contributed by atoms with E-state index in [2.05, 4.69) is 4.98 Å². The number of hydrogen-bond donors (Lipinski definition) is 1. The summed E-state index contributed by atoms with van der Waals surface area (Å²) in [6, 6.07) is 3.01. The molecule has 3 heterocycles. The van der Waals surface area contributed by atoms with Gasteiger partial charge in [-0.25, -0.2) is 0 Å². The average Bonchev–Trinajstić information content (AvgIpc) is 2.87. The van der Waals surface area contributed by atoms with Crippen LogP contribution in [0, 0.1) is 5.92 Å². The monoisotopic (exact) mass is 402 g/mol. The van der Waals surface area contributed by atoms with Crippen molar-refractivity contribution in [3.8, 4) is 5.75 Å². The van der Waals surface area contributed by atoms with Crippen LogP contribution in [-0.2, 0) is 9.59 Å². The van der Waals surface area contributed by atoms with E-state index in [1.165, 1.54) is 6.07 Å². The molecule has 0 spiro atoms. The fourth-order valence-corrected chi connectivity index (χ4v) is 5.97. The van der Waals surface area contributed by atoms with Crippen molar-refractivity contribution < 1.29 is 19.4 Å². The van der Waals surface area contributed by atoms with Gasteiger partial charge in [-0.05, 0) is 12.1 Å². The lowest BCUT2D eigenvalue weighted by atomic mass is 9.80. The first-order chi connectivity index (χ1) is 11.4. The predicted octanol–water partition coefficient (Wildman–Crippen LogP) is 1.63. The molecule has 0 amide bonds. The third-order valence-corrected chi connectivity index (χ3v) is 6.82. The largest absolute Gasteiger partial charge is 0.549 e. The number of thiazole rings is 1. The van der Waals surface area contributed by atoms with Crippen LogP contribution in [-0.4, -0.2) is 22.2 Å². The van der Waals surface area contributed by atoms with E-state index in [9.17, 15) is 19.5 Å². The van der Waals surface area contributed by atoms with Gasteiger partial charge in [-0.1, -0.05) is 46.3 Å². The van der Waals surface area contributed by atoms with Crippen molar-refractivity contribution in [2.45, 2.75) is 16.2 Å². The van der Waals surface area contributed by atoms with Crippen molar-refractivity contribution in [3.05, 3.63) is 42.3 Å². The number of fused-ring (bicyclic) bond motifs is 5. The number of esters is 1. The molecule has 0 bridgehead atoms. The van der Waals surface area contributed by atoms with E-state index >= 15 is 0 Å². The molecule has 0 unspecified atom stereocenters. The zero-order chi connectivity index (χ0) is 17.2. The zero-order valence-corrected chi connectivity index (χ0v) is 14.6. The first-order valence-electron chi connectivity index (χ1n) is 6.68. The topological polar surface area (TPSA) is 99.3 Å². The summed E-state index contributed by atoms with van der Waals surface area (Å²) in [7, 11) is 0. The molecule has 1 aromatic heterocycles. The quantitative estimate of drug-likeness (QED) is 0.574. The number of aliphatic carboxylic acids is 1. The summed E-state index contributed by atoms with van der Waals surface area (Å²) in [6.45, 7) is 0. The molecule has 10 heteroatoms. The van der Waals surface area contributed by atoms with Crippen molar-refractivity contribution in [2.24, 2.45) is 5.92 Å². The third-order valence-electron chi connectivity index (χ3n) is 3.93. The van der Waals surface area contributed by atoms with Gasteiger partial charge in [0.25, 0.3) is 0 Å². The zero-order valence-electron chi connectivity index (χ0n) is 11.5. The molecule has 6 nitrogen and oxygen atoms in total. The van der Waals surface area contributed by atoms with Gasteiger partial charge in [0.05, 0.1) is 27.2 Å². The number of carbonyl (C=O) groups is 2. The van der Waals surface area contributed by atoms with Crippen LogP contribution in [0.15, 0.2) is 22.0 Å². The van der Waals surface area contributed by atoms with Gasteiger partial charge < -0.3 is 19.6 Å². The molecule has 0 saturated carbocycles. The lowest BCUT2D eigenvalue weighted by Gasteiger charge is -2.39. The first kappa shape index (κ1) is 16.0. The molecule has 2 aliphatic rings. The predicted molar refractivity (Wildman–Crippen MR) is 87.0 cm³/mol. The fraction of sp³-hybridized carbons (Fsp3) is 0.214. The molecule has 1 aromatic carbocycles. The summed E-state index contributed by atoms with van der Waals surface area (Å²) in [4.78, 5) is 38.6. The fourth-order valence-electron chi connectivity index (χ4n) is 3.03. The second-order valence-electron chi connectivity index (χ2n) is 5.30. The number of nitrogens with one attached hydrogen (secondary N) is 1.